The summed E-state index contributed by atoms with van der Waals surface area (Å²) in [7, 11) is 1.87. The van der Waals surface area contributed by atoms with Gasteiger partial charge in [0.1, 0.15) is 17.2 Å². The Kier molecular flexibility index (Phi) is 2.91. The lowest BCUT2D eigenvalue weighted by molar-refractivity contribution is 0.720. The lowest BCUT2D eigenvalue weighted by atomic mass is 10.4. The van der Waals surface area contributed by atoms with Crippen molar-refractivity contribution in [3.05, 3.63) is 29.3 Å². The normalized spacial score (nSPS) is 10.4. The van der Waals surface area contributed by atoms with Crippen LogP contribution in [0, 0.1) is 0 Å². The van der Waals surface area contributed by atoms with Crippen molar-refractivity contribution in [3.8, 4) is 0 Å². The average Bonchev–Trinajstić information content (AvgIpc) is 2.67. The van der Waals surface area contributed by atoms with E-state index in [1.807, 2.05) is 13.1 Å². The van der Waals surface area contributed by atoms with E-state index < -0.39 is 0 Å². The van der Waals surface area contributed by atoms with Gasteiger partial charge < -0.3 is 11.1 Å². The third-order valence-corrected chi connectivity index (χ3v) is 2.55. The van der Waals surface area contributed by atoms with Crippen molar-refractivity contribution in [1.82, 2.24) is 19.7 Å². The fourth-order valence-electron chi connectivity index (χ4n) is 1.26. The zero-order valence-electron chi connectivity index (χ0n) is 8.68. The maximum Gasteiger partial charge on any atom is 0.150 e. The summed E-state index contributed by atoms with van der Waals surface area (Å²) in [6, 6.07) is 1.91. The number of aromatic nitrogens is 4. The fourth-order valence-corrected chi connectivity index (χ4v) is 1.42. The zero-order valence-corrected chi connectivity index (χ0v) is 9.44. The Morgan fingerprint density at radius 1 is 1.50 bits per heavy atom. The maximum absolute atomic E-state index is 5.94. The van der Waals surface area contributed by atoms with Crippen LogP contribution in [0.15, 0.2) is 18.6 Å². The van der Waals surface area contributed by atoms with Crippen LogP contribution in [0.2, 0.25) is 5.02 Å². The molecular formula is C9H11ClN6. The summed E-state index contributed by atoms with van der Waals surface area (Å²) in [5.41, 5.74) is 6.58. The molecule has 84 valence electrons. The zero-order chi connectivity index (χ0) is 11.5. The molecule has 0 radical (unpaired) electrons. The van der Waals surface area contributed by atoms with Crippen LogP contribution in [0.3, 0.4) is 0 Å². The molecule has 16 heavy (non-hydrogen) atoms. The lowest BCUT2D eigenvalue weighted by Crippen LogP contribution is -2.08. The highest BCUT2D eigenvalue weighted by atomic mass is 35.5. The van der Waals surface area contributed by atoms with Gasteiger partial charge in [-0.1, -0.05) is 11.6 Å². The van der Waals surface area contributed by atoms with Gasteiger partial charge in [-0.2, -0.15) is 5.10 Å². The molecular weight excluding hydrogens is 228 g/mol. The Hall–Kier alpha value is -1.82. The van der Waals surface area contributed by atoms with Gasteiger partial charge in [0.25, 0.3) is 0 Å². The van der Waals surface area contributed by atoms with Gasteiger partial charge in [-0.05, 0) is 6.07 Å². The van der Waals surface area contributed by atoms with Crippen molar-refractivity contribution >= 4 is 23.2 Å². The monoisotopic (exact) mass is 238 g/mol. The van der Waals surface area contributed by atoms with Crippen LogP contribution in [-0.4, -0.2) is 19.7 Å². The molecule has 0 spiro atoms. The Morgan fingerprint density at radius 3 is 3.00 bits per heavy atom. The smallest absolute Gasteiger partial charge is 0.150 e. The molecule has 0 saturated heterocycles. The van der Waals surface area contributed by atoms with E-state index in [-0.39, 0.29) is 5.82 Å². The molecule has 7 heteroatoms. The minimum atomic E-state index is 0.268. The van der Waals surface area contributed by atoms with Crippen LogP contribution in [0.4, 0.5) is 11.6 Å². The molecule has 2 rings (SSSR count). The number of aryl methyl sites for hydroxylation is 1. The number of nitrogens with two attached hydrogens (primary N) is 1. The third kappa shape index (κ3) is 2.06. The summed E-state index contributed by atoms with van der Waals surface area (Å²) in [5.74, 6) is 0.791. The van der Waals surface area contributed by atoms with Gasteiger partial charge in [-0.3, -0.25) is 4.68 Å². The van der Waals surface area contributed by atoms with E-state index in [2.05, 4.69) is 20.4 Å². The van der Waals surface area contributed by atoms with Gasteiger partial charge in [0.05, 0.1) is 12.2 Å². The molecule has 2 aromatic rings. The molecule has 3 N–H and O–H groups in total. The van der Waals surface area contributed by atoms with Crippen LogP contribution in [0.1, 0.15) is 5.69 Å². The van der Waals surface area contributed by atoms with Gasteiger partial charge in [0.2, 0.25) is 0 Å². The predicted molar refractivity (Wildman–Crippen MR) is 62.0 cm³/mol. The van der Waals surface area contributed by atoms with E-state index in [1.54, 1.807) is 10.9 Å². The number of nitrogens with zero attached hydrogens (tertiary/aromatic N) is 4. The molecule has 0 amide bonds. The number of halogens is 1. The molecule has 2 aromatic heterocycles. The highest BCUT2D eigenvalue weighted by molar-refractivity contribution is 6.35. The van der Waals surface area contributed by atoms with Gasteiger partial charge in [-0.15, -0.1) is 0 Å². The Labute approximate surface area is 97.5 Å². The molecule has 0 aliphatic heterocycles. The minimum absolute atomic E-state index is 0.268. The Bertz CT molecular complexity index is 494. The topological polar surface area (TPSA) is 81.7 Å². The molecule has 0 aliphatic rings. The Balaban J connectivity index is 2.11. The maximum atomic E-state index is 5.94. The van der Waals surface area contributed by atoms with E-state index in [4.69, 9.17) is 17.3 Å². The lowest BCUT2D eigenvalue weighted by Gasteiger charge is -2.07. The van der Waals surface area contributed by atoms with Crippen LogP contribution in [-0.2, 0) is 13.6 Å². The second-order valence-corrected chi connectivity index (χ2v) is 3.60. The van der Waals surface area contributed by atoms with Gasteiger partial charge in [-0.25, -0.2) is 9.97 Å². The van der Waals surface area contributed by atoms with Crippen molar-refractivity contribution < 1.29 is 0 Å². The summed E-state index contributed by atoms with van der Waals surface area (Å²) in [5, 5.41) is 7.47. The number of nitrogen functional groups attached to an aromatic ring is 1. The number of hydrogen-bond donors (Lipinski definition) is 2. The van der Waals surface area contributed by atoms with Crippen molar-refractivity contribution in [3.63, 3.8) is 0 Å². The van der Waals surface area contributed by atoms with Crippen molar-refractivity contribution in [1.29, 1.82) is 0 Å². The van der Waals surface area contributed by atoms with Gasteiger partial charge in [0.15, 0.2) is 5.82 Å². The second kappa shape index (κ2) is 4.36. The van der Waals surface area contributed by atoms with Crippen molar-refractivity contribution in [2.45, 2.75) is 6.54 Å². The molecule has 2 heterocycles. The van der Waals surface area contributed by atoms with Crippen molar-refractivity contribution in [2.24, 2.45) is 7.05 Å². The van der Waals surface area contributed by atoms with E-state index in [1.165, 1.54) is 6.33 Å². The molecule has 0 aliphatic carbocycles. The number of hydrogen-bond acceptors (Lipinski definition) is 5. The molecule has 0 saturated carbocycles. The first-order chi connectivity index (χ1) is 7.68. The largest absolute Gasteiger partial charge is 0.382 e. The van der Waals surface area contributed by atoms with Crippen LogP contribution in [0.25, 0.3) is 0 Å². The predicted octanol–water partition coefficient (Wildman–Crippen LogP) is 1.06. The van der Waals surface area contributed by atoms with E-state index in [0.29, 0.717) is 17.4 Å². The first kappa shape index (κ1) is 10.7. The SMILES string of the molecule is Cn1nccc1CNc1ncnc(N)c1Cl. The minimum Gasteiger partial charge on any atom is -0.382 e. The molecule has 0 unspecified atom stereocenters. The average molecular weight is 239 g/mol. The second-order valence-electron chi connectivity index (χ2n) is 3.22. The first-order valence-corrected chi connectivity index (χ1v) is 5.03. The summed E-state index contributed by atoms with van der Waals surface area (Å²) < 4.78 is 1.77. The quantitative estimate of drug-likeness (QED) is 0.836. The molecule has 6 nitrogen and oxygen atoms in total. The standard InChI is InChI=1S/C9H11ClN6/c1-16-6(2-3-15-16)4-12-9-7(10)8(11)13-5-14-9/h2-3,5H,4H2,1H3,(H3,11,12,13,14). The summed E-state index contributed by atoms with van der Waals surface area (Å²) in [6.45, 7) is 0.576. The Morgan fingerprint density at radius 2 is 2.31 bits per heavy atom. The van der Waals surface area contributed by atoms with Gasteiger partial charge >= 0.3 is 0 Å². The number of anilines is 2. The van der Waals surface area contributed by atoms with Crippen LogP contribution < -0.4 is 11.1 Å². The molecule has 0 aromatic carbocycles. The van der Waals surface area contributed by atoms with E-state index in [0.717, 1.165) is 5.69 Å². The number of nitrogens with one attached hydrogen (secondary N) is 1. The summed E-state index contributed by atoms with van der Waals surface area (Å²) >= 11 is 5.94. The van der Waals surface area contributed by atoms with Crippen molar-refractivity contribution in [2.75, 3.05) is 11.1 Å². The van der Waals surface area contributed by atoms with E-state index >= 15 is 0 Å². The molecule has 0 bridgehead atoms. The van der Waals surface area contributed by atoms with Gasteiger partial charge in [0, 0.05) is 13.2 Å². The van der Waals surface area contributed by atoms with E-state index in [9.17, 15) is 0 Å². The fraction of sp³-hybridized carbons (Fsp3) is 0.222. The van der Waals surface area contributed by atoms with Crippen LogP contribution >= 0.6 is 11.6 Å². The summed E-state index contributed by atoms with van der Waals surface area (Å²) in [6.07, 6.45) is 3.10. The molecule has 0 fully saturated rings. The highest BCUT2D eigenvalue weighted by Crippen LogP contribution is 2.23. The number of rotatable bonds is 3. The van der Waals surface area contributed by atoms with Crippen LogP contribution in [0.5, 0.6) is 0 Å². The molecule has 0 atom stereocenters. The third-order valence-electron chi connectivity index (χ3n) is 2.18. The summed E-state index contributed by atoms with van der Waals surface area (Å²) in [4.78, 5) is 7.78. The highest BCUT2D eigenvalue weighted by Gasteiger charge is 2.06. The first-order valence-electron chi connectivity index (χ1n) is 4.65.